The van der Waals surface area contributed by atoms with Crippen LogP contribution in [-0.4, -0.2) is 69.3 Å². The van der Waals surface area contributed by atoms with Gasteiger partial charge in [0.2, 0.25) is 11.8 Å². The Morgan fingerprint density at radius 2 is 1.75 bits per heavy atom. The fraction of sp³-hybridized carbons (Fsp3) is 0.440. The lowest BCUT2D eigenvalue weighted by Gasteiger charge is -2.33. The molecule has 0 aromatic heterocycles. The first-order valence-corrected chi connectivity index (χ1v) is 13.0. The van der Waals surface area contributed by atoms with Gasteiger partial charge in [0.05, 0.1) is 12.8 Å². The molecule has 2 rings (SSSR count). The molecule has 0 radical (unpaired) electrons. The van der Waals surface area contributed by atoms with Crippen molar-refractivity contribution in [3.05, 3.63) is 59.9 Å². The molecular formula is C25H35FN4O5S. The number of halogens is 1. The molecule has 0 saturated carbocycles. The molecule has 0 unspecified atom stereocenters. The molecule has 1 N–H and O–H groups in total. The average molecular weight is 523 g/mol. The van der Waals surface area contributed by atoms with Gasteiger partial charge in [-0.1, -0.05) is 31.2 Å². The zero-order valence-corrected chi connectivity index (χ0v) is 22.4. The standard InChI is InChI=1S/C25H35FN4O5S/c1-7-18(2)27-25(32)19(3)29(16-20-11-10-12-21(15-20)35-6)24(31)17-30(36(33,34)28(4)5)23-14-9-8-13-22(23)26/h8-15,18-19H,7,16-17H2,1-6H3,(H,27,32)/t18-,19+/m0/s1. The van der Waals surface area contributed by atoms with Crippen molar-refractivity contribution >= 4 is 27.7 Å². The van der Waals surface area contributed by atoms with Gasteiger partial charge in [-0.2, -0.15) is 12.7 Å². The topological polar surface area (TPSA) is 99.3 Å². The molecule has 0 bridgehead atoms. The minimum atomic E-state index is -4.24. The highest BCUT2D eigenvalue weighted by Crippen LogP contribution is 2.24. The lowest BCUT2D eigenvalue weighted by molar-refractivity contribution is -0.139. The lowest BCUT2D eigenvalue weighted by Crippen LogP contribution is -2.53. The van der Waals surface area contributed by atoms with Gasteiger partial charge in [0, 0.05) is 26.7 Å². The molecule has 0 fully saturated rings. The first-order valence-electron chi connectivity index (χ1n) is 11.6. The van der Waals surface area contributed by atoms with Crippen LogP contribution < -0.4 is 14.4 Å². The van der Waals surface area contributed by atoms with E-state index >= 15 is 0 Å². The van der Waals surface area contributed by atoms with Crippen LogP contribution in [0.5, 0.6) is 5.75 Å². The number of rotatable bonds is 12. The number of anilines is 1. The van der Waals surface area contributed by atoms with Gasteiger partial charge in [0.25, 0.3) is 0 Å². The first kappa shape index (κ1) is 29.1. The van der Waals surface area contributed by atoms with Crippen LogP contribution in [0.25, 0.3) is 0 Å². The monoisotopic (exact) mass is 522 g/mol. The van der Waals surface area contributed by atoms with E-state index in [2.05, 4.69) is 5.32 Å². The Morgan fingerprint density at radius 3 is 2.33 bits per heavy atom. The Bertz CT molecular complexity index is 1160. The second kappa shape index (κ2) is 12.7. The molecule has 198 valence electrons. The molecule has 2 atom stereocenters. The Kier molecular flexibility index (Phi) is 10.2. The van der Waals surface area contributed by atoms with Gasteiger partial charge >= 0.3 is 10.2 Å². The number of hydrogen-bond donors (Lipinski definition) is 1. The summed E-state index contributed by atoms with van der Waals surface area (Å²) in [4.78, 5) is 27.9. The molecule has 36 heavy (non-hydrogen) atoms. The van der Waals surface area contributed by atoms with E-state index in [1.54, 1.807) is 31.2 Å². The normalized spacial score (nSPS) is 13.1. The van der Waals surface area contributed by atoms with Crippen molar-refractivity contribution in [3.8, 4) is 5.75 Å². The summed E-state index contributed by atoms with van der Waals surface area (Å²) in [6, 6.07) is 11.3. The molecule has 0 heterocycles. The van der Waals surface area contributed by atoms with Crippen molar-refractivity contribution in [2.45, 2.75) is 45.8 Å². The van der Waals surface area contributed by atoms with E-state index in [1.807, 2.05) is 13.8 Å². The smallest absolute Gasteiger partial charge is 0.304 e. The average Bonchev–Trinajstić information content (AvgIpc) is 2.85. The highest BCUT2D eigenvalue weighted by molar-refractivity contribution is 7.90. The molecule has 0 aliphatic heterocycles. The Hall–Kier alpha value is -3.18. The second-order valence-electron chi connectivity index (χ2n) is 8.62. The third kappa shape index (κ3) is 7.17. The Morgan fingerprint density at radius 1 is 1.08 bits per heavy atom. The number of nitrogens with zero attached hydrogens (tertiary/aromatic N) is 3. The Balaban J connectivity index is 2.48. The van der Waals surface area contributed by atoms with Crippen molar-refractivity contribution in [1.82, 2.24) is 14.5 Å². The lowest BCUT2D eigenvalue weighted by atomic mass is 10.1. The molecule has 2 aromatic rings. The molecule has 11 heteroatoms. The summed E-state index contributed by atoms with van der Waals surface area (Å²) in [6.07, 6.45) is 0.699. The number of benzene rings is 2. The van der Waals surface area contributed by atoms with Gasteiger partial charge in [-0.25, -0.2) is 8.70 Å². The summed E-state index contributed by atoms with van der Waals surface area (Å²) in [7, 11) is -0.129. The number of carbonyl (C=O) groups is 2. The van der Waals surface area contributed by atoms with E-state index < -0.39 is 34.5 Å². The number of carbonyl (C=O) groups excluding carboxylic acids is 2. The SMILES string of the molecule is CC[C@H](C)NC(=O)[C@@H](C)N(Cc1cccc(OC)c1)C(=O)CN(c1ccccc1F)S(=O)(=O)N(C)C. The second-order valence-corrected chi connectivity index (χ2v) is 10.7. The zero-order chi connectivity index (χ0) is 27.0. The predicted molar refractivity (Wildman–Crippen MR) is 137 cm³/mol. The van der Waals surface area contributed by atoms with Gasteiger partial charge in [0.1, 0.15) is 24.2 Å². The number of methoxy groups -OCH3 is 1. The quantitative estimate of drug-likeness (QED) is 0.462. The predicted octanol–water partition coefficient (Wildman–Crippen LogP) is 2.78. The Labute approximate surface area is 213 Å². The maximum atomic E-state index is 14.7. The molecule has 2 amide bonds. The van der Waals surface area contributed by atoms with Crippen LogP contribution in [0.1, 0.15) is 32.8 Å². The van der Waals surface area contributed by atoms with E-state index in [0.717, 1.165) is 10.4 Å². The summed E-state index contributed by atoms with van der Waals surface area (Å²) in [6.45, 7) is 4.66. The zero-order valence-electron chi connectivity index (χ0n) is 21.6. The van der Waals surface area contributed by atoms with Crippen molar-refractivity contribution < 1.29 is 27.1 Å². The van der Waals surface area contributed by atoms with Crippen molar-refractivity contribution in [2.75, 3.05) is 32.1 Å². The van der Waals surface area contributed by atoms with Gasteiger partial charge < -0.3 is 15.0 Å². The molecular weight excluding hydrogens is 487 g/mol. The number of ether oxygens (including phenoxy) is 1. The van der Waals surface area contributed by atoms with Crippen molar-refractivity contribution in [3.63, 3.8) is 0 Å². The molecule has 0 aliphatic rings. The summed E-state index contributed by atoms with van der Waals surface area (Å²) in [5.74, 6) is -1.27. The first-order chi connectivity index (χ1) is 16.9. The third-order valence-corrected chi connectivity index (χ3v) is 7.60. The van der Waals surface area contributed by atoms with Crippen molar-refractivity contribution in [2.24, 2.45) is 0 Å². The van der Waals surface area contributed by atoms with E-state index in [0.29, 0.717) is 22.0 Å². The van der Waals surface area contributed by atoms with Crippen molar-refractivity contribution in [1.29, 1.82) is 0 Å². The van der Waals surface area contributed by atoms with Crippen LogP contribution in [0.3, 0.4) is 0 Å². The fourth-order valence-corrected chi connectivity index (χ4v) is 4.44. The minimum Gasteiger partial charge on any atom is -0.497 e. The van der Waals surface area contributed by atoms with Gasteiger partial charge in [-0.3, -0.25) is 9.59 Å². The summed E-state index contributed by atoms with van der Waals surface area (Å²) in [5, 5.41) is 2.86. The molecule has 0 spiro atoms. The van der Waals surface area contributed by atoms with Crippen LogP contribution in [0, 0.1) is 5.82 Å². The molecule has 9 nitrogen and oxygen atoms in total. The minimum absolute atomic E-state index is 0.0122. The van der Waals surface area contributed by atoms with Crippen LogP contribution in [0.2, 0.25) is 0 Å². The summed E-state index contributed by atoms with van der Waals surface area (Å²) >= 11 is 0. The summed E-state index contributed by atoms with van der Waals surface area (Å²) in [5.41, 5.74) is 0.413. The number of hydrogen-bond acceptors (Lipinski definition) is 5. The van der Waals surface area contributed by atoms with E-state index in [1.165, 1.54) is 44.3 Å². The molecule has 0 saturated heterocycles. The van der Waals surface area contributed by atoms with Crippen LogP contribution in [-0.2, 0) is 26.3 Å². The third-order valence-electron chi connectivity index (χ3n) is 5.80. The number of amides is 2. The van der Waals surface area contributed by atoms with Crippen LogP contribution >= 0.6 is 0 Å². The van der Waals surface area contributed by atoms with Gasteiger partial charge in [0.15, 0.2) is 0 Å². The highest BCUT2D eigenvalue weighted by Gasteiger charge is 2.33. The summed E-state index contributed by atoms with van der Waals surface area (Å²) < 4.78 is 47.7. The maximum Gasteiger partial charge on any atom is 0.304 e. The number of nitrogens with one attached hydrogen (secondary N) is 1. The number of para-hydroxylation sites is 1. The molecule has 0 aliphatic carbocycles. The van der Waals surface area contributed by atoms with Gasteiger partial charge in [-0.15, -0.1) is 0 Å². The van der Waals surface area contributed by atoms with Crippen LogP contribution in [0.15, 0.2) is 48.5 Å². The maximum absolute atomic E-state index is 14.7. The fourth-order valence-electron chi connectivity index (χ4n) is 3.37. The van der Waals surface area contributed by atoms with Crippen LogP contribution in [0.4, 0.5) is 10.1 Å². The van der Waals surface area contributed by atoms with E-state index in [4.69, 9.17) is 4.74 Å². The highest BCUT2D eigenvalue weighted by atomic mass is 32.2. The van der Waals surface area contributed by atoms with Gasteiger partial charge in [-0.05, 0) is 50.1 Å². The largest absolute Gasteiger partial charge is 0.497 e. The van der Waals surface area contributed by atoms with E-state index in [9.17, 15) is 22.4 Å². The molecule has 2 aromatic carbocycles. The van der Waals surface area contributed by atoms with E-state index in [-0.39, 0.29) is 24.2 Å².